The molecule has 3 saturated heterocycles. The van der Waals surface area contributed by atoms with Crippen LogP contribution >= 0.6 is 0 Å². The number of benzene rings is 6. The van der Waals surface area contributed by atoms with E-state index in [2.05, 4.69) is 25.8 Å². The van der Waals surface area contributed by atoms with Crippen LogP contribution in [0.3, 0.4) is 0 Å². The molecule has 6 N–H and O–H groups in total. The Kier molecular flexibility index (Phi) is 16.0. The first-order valence-electron chi connectivity index (χ1n) is 24.4. The second-order valence-electron chi connectivity index (χ2n) is 18.4. The van der Waals surface area contributed by atoms with Crippen LogP contribution < -0.4 is 26.2 Å². The molecule has 0 radical (unpaired) electrons. The number of esters is 1. The van der Waals surface area contributed by atoms with Crippen LogP contribution in [0.4, 0.5) is 19.7 Å². The summed E-state index contributed by atoms with van der Waals surface area (Å²) in [5.74, 6) is -0.0718. The number of nitrogens with one attached hydrogen (secondary N) is 4. The molecule has 3 aliphatic rings. The molecular weight excluding hydrogens is 932 g/mol. The fraction of sp³-hybridized carbons (Fsp3) is 0.263. The van der Waals surface area contributed by atoms with Crippen molar-refractivity contribution in [2.75, 3.05) is 44.6 Å². The molecular formula is C57H57FN6O9. The van der Waals surface area contributed by atoms with Crippen molar-refractivity contribution >= 4 is 34.7 Å². The smallest absolute Gasteiger partial charge is 0.408 e. The molecule has 16 heteroatoms. The van der Waals surface area contributed by atoms with Crippen molar-refractivity contribution in [3.8, 4) is 11.5 Å². The quantitative estimate of drug-likeness (QED) is 0.0425. The number of phenols is 1. The summed E-state index contributed by atoms with van der Waals surface area (Å²) in [6, 6.07) is 42.2. The Labute approximate surface area is 421 Å². The van der Waals surface area contributed by atoms with E-state index in [0.717, 1.165) is 54.7 Å². The fourth-order valence-corrected chi connectivity index (χ4v) is 9.34. The highest BCUT2D eigenvalue weighted by Crippen LogP contribution is 2.32. The Balaban J connectivity index is 0.758. The maximum absolute atomic E-state index is 13.8. The lowest BCUT2D eigenvalue weighted by Crippen LogP contribution is -2.52. The minimum Gasteiger partial charge on any atom is -0.506 e. The van der Waals surface area contributed by atoms with Crippen molar-refractivity contribution < 1.29 is 43.2 Å². The molecule has 3 atom stereocenters. The minimum atomic E-state index is -0.926. The maximum atomic E-state index is 13.8. The van der Waals surface area contributed by atoms with E-state index in [-0.39, 0.29) is 55.8 Å². The number of ether oxygens (including phenoxy) is 3. The molecule has 6 aromatic carbocycles. The first kappa shape index (κ1) is 49.9. The molecule has 1 aromatic heterocycles. The lowest BCUT2D eigenvalue weighted by atomic mass is 9.86. The van der Waals surface area contributed by atoms with Gasteiger partial charge in [-0.15, -0.1) is 0 Å². The predicted octanol–water partition coefficient (Wildman–Crippen LogP) is 8.58. The zero-order valence-corrected chi connectivity index (χ0v) is 40.0. The van der Waals surface area contributed by atoms with E-state index in [0.29, 0.717) is 46.0 Å². The van der Waals surface area contributed by atoms with Crippen molar-refractivity contribution in [2.24, 2.45) is 5.92 Å². The number of fused-ring (bicyclic) bond motifs is 4. The second-order valence-corrected chi connectivity index (χ2v) is 18.4. The van der Waals surface area contributed by atoms with Gasteiger partial charge in [-0.3, -0.25) is 9.69 Å². The normalized spacial score (nSPS) is 16.8. The summed E-state index contributed by atoms with van der Waals surface area (Å²) >= 11 is 0. The number of aromatic hydroxyl groups is 1. The number of alkyl carbamates (subject to hydrolysis) is 1. The van der Waals surface area contributed by atoms with Crippen molar-refractivity contribution in [3.63, 3.8) is 0 Å². The lowest BCUT2D eigenvalue weighted by Gasteiger charge is -2.43. The number of nitrogens with zero attached hydrogens (tertiary/aromatic N) is 2. The van der Waals surface area contributed by atoms with Gasteiger partial charge in [0, 0.05) is 43.3 Å². The van der Waals surface area contributed by atoms with Gasteiger partial charge in [0.15, 0.2) is 0 Å². The van der Waals surface area contributed by atoms with E-state index in [9.17, 15) is 33.8 Å². The number of hydrogen-bond donors (Lipinski definition) is 6. The summed E-state index contributed by atoms with van der Waals surface area (Å²) in [5, 5.41) is 30.9. The molecule has 0 saturated carbocycles. The van der Waals surface area contributed by atoms with Crippen molar-refractivity contribution in [2.45, 2.75) is 50.8 Å². The predicted molar refractivity (Wildman–Crippen MR) is 274 cm³/mol. The van der Waals surface area contributed by atoms with Crippen LogP contribution in [0.1, 0.15) is 68.7 Å². The number of urea groups is 1. The minimum absolute atomic E-state index is 0.0399. The first-order chi connectivity index (χ1) is 35.5. The molecule has 3 aliphatic heterocycles. The largest absolute Gasteiger partial charge is 0.506 e. The summed E-state index contributed by atoms with van der Waals surface area (Å²) in [5.41, 5.74) is 5.39. The van der Waals surface area contributed by atoms with Crippen molar-refractivity contribution in [1.82, 2.24) is 25.4 Å². The van der Waals surface area contributed by atoms with Gasteiger partial charge in [-0.2, -0.15) is 0 Å². The van der Waals surface area contributed by atoms with E-state index in [1.807, 2.05) is 66.7 Å². The third kappa shape index (κ3) is 13.1. The van der Waals surface area contributed by atoms with Gasteiger partial charge in [0.05, 0.1) is 29.8 Å². The number of halogens is 1. The van der Waals surface area contributed by atoms with Crippen LogP contribution in [0, 0.1) is 11.7 Å². The fourth-order valence-electron chi connectivity index (χ4n) is 9.34. The van der Waals surface area contributed by atoms with E-state index in [1.165, 1.54) is 29.2 Å². The number of amides is 3. The molecule has 376 valence electrons. The molecule has 73 heavy (non-hydrogen) atoms. The summed E-state index contributed by atoms with van der Waals surface area (Å²) in [4.78, 5) is 58.4. The number of pyridine rings is 1. The van der Waals surface area contributed by atoms with E-state index >= 15 is 0 Å². The van der Waals surface area contributed by atoms with E-state index in [4.69, 9.17) is 14.2 Å². The zero-order chi connectivity index (χ0) is 50.7. The molecule has 10 rings (SSSR count). The number of anilines is 1. The van der Waals surface area contributed by atoms with Gasteiger partial charge in [0.2, 0.25) is 5.56 Å². The summed E-state index contributed by atoms with van der Waals surface area (Å²) in [6.45, 7) is 3.74. The second kappa shape index (κ2) is 23.5. The third-order valence-electron chi connectivity index (χ3n) is 13.3. The maximum Gasteiger partial charge on any atom is 0.408 e. The van der Waals surface area contributed by atoms with Gasteiger partial charge in [-0.05, 0) is 126 Å². The van der Waals surface area contributed by atoms with Gasteiger partial charge < -0.3 is 50.3 Å². The Morgan fingerprint density at radius 3 is 2.27 bits per heavy atom. The van der Waals surface area contributed by atoms with Crippen LogP contribution in [-0.2, 0) is 29.2 Å². The number of rotatable bonds is 19. The van der Waals surface area contributed by atoms with E-state index < -0.39 is 36.1 Å². The summed E-state index contributed by atoms with van der Waals surface area (Å²) < 4.78 is 31.6. The topological polar surface area (TPSA) is 195 Å². The molecule has 0 aliphatic carbocycles. The van der Waals surface area contributed by atoms with Crippen LogP contribution in [-0.4, -0.2) is 88.5 Å². The molecule has 0 spiro atoms. The van der Waals surface area contributed by atoms with Gasteiger partial charge in [-0.1, -0.05) is 84.9 Å². The standard InChI is InChI=1S/C57H57FN6O9/c58-44-17-11-38(12-18-44)34-64(56(69)60-45-19-13-37(14-20-45)32-59-33-50(66)47-21-23-49(65)54-48(47)22-24-52(67)61-54)29-30-71-55(68)42-15-9-39(10-16-42)36-72-46-8-4-7-43(31-46)53(41-5-2-1-3-6-41)62-57(70)73-51-35-63-27-25-40(51)26-28-63/h1-24,31,40,50-51,53,59,65-66H,25-30,32-36H2,(H,60,69)(H,61,67)(H,62,70)/t50?,51?,53-/m0/s1. The zero-order valence-electron chi connectivity index (χ0n) is 40.0. The Morgan fingerprint density at radius 1 is 0.808 bits per heavy atom. The number of aliphatic hydroxyl groups is 1. The lowest BCUT2D eigenvalue weighted by molar-refractivity contribution is -0.0336. The molecule has 3 amide bonds. The van der Waals surface area contributed by atoms with Gasteiger partial charge >= 0.3 is 18.1 Å². The molecule has 7 aromatic rings. The number of H-pyrrole nitrogens is 1. The average molecular weight is 989 g/mol. The van der Waals surface area contributed by atoms with Crippen LogP contribution in [0.15, 0.2) is 156 Å². The van der Waals surface area contributed by atoms with E-state index in [1.54, 1.807) is 60.7 Å². The number of aliphatic hydroxyl groups excluding tert-OH is 1. The highest BCUT2D eigenvalue weighted by atomic mass is 19.1. The summed E-state index contributed by atoms with van der Waals surface area (Å²) in [6.07, 6.45) is 0.594. The number of carbonyl (C=O) groups excluding carboxylic acids is 3. The first-order valence-corrected chi connectivity index (χ1v) is 24.4. The van der Waals surface area contributed by atoms with Gasteiger partial charge in [0.1, 0.15) is 36.6 Å². The number of aromatic amines is 1. The summed E-state index contributed by atoms with van der Waals surface area (Å²) in [7, 11) is 0. The molecule has 15 nitrogen and oxygen atoms in total. The monoisotopic (exact) mass is 988 g/mol. The molecule has 2 unspecified atom stereocenters. The van der Waals surface area contributed by atoms with Crippen molar-refractivity contribution in [3.05, 3.63) is 207 Å². The van der Waals surface area contributed by atoms with Gasteiger partial charge in [-0.25, -0.2) is 18.8 Å². The number of carbonyl (C=O) groups is 3. The Bertz CT molecular complexity index is 3060. The van der Waals surface area contributed by atoms with Gasteiger partial charge in [0.25, 0.3) is 0 Å². The van der Waals surface area contributed by atoms with Crippen LogP contribution in [0.2, 0.25) is 0 Å². The number of aromatic nitrogens is 1. The number of piperidine rings is 3. The third-order valence-corrected chi connectivity index (χ3v) is 13.3. The Hall–Kier alpha value is -8.05. The SMILES string of the molecule is O=C(N[C@@H](c1ccccc1)c1cccc(OCc2ccc(C(=O)OCCN(Cc3ccc(F)cc3)C(=O)Nc3ccc(CNCC(O)c4ccc(O)c5[nH]c(=O)ccc45)cc3)cc2)c1)OC1CN2CCC1CC2. The Morgan fingerprint density at radius 2 is 1.53 bits per heavy atom. The van der Waals surface area contributed by atoms with Crippen LogP contribution in [0.5, 0.6) is 11.5 Å². The number of hydrogen-bond acceptors (Lipinski definition) is 11. The molecule has 2 bridgehead atoms. The molecule has 3 fully saturated rings. The average Bonchev–Trinajstić information content (AvgIpc) is 3.41. The molecule has 4 heterocycles. The van der Waals surface area contributed by atoms with Crippen molar-refractivity contribution in [1.29, 1.82) is 0 Å². The highest BCUT2D eigenvalue weighted by molar-refractivity contribution is 5.90. The highest BCUT2D eigenvalue weighted by Gasteiger charge is 2.37. The van der Waals surface area contributed by atoms with Crippen LogP contribution in [0.25, 0.3) is 10.9 Å². The number of phenolic OH excluding ortho intramolecular Hbond substituents is 1.